The van der Waals surface area contributed by atoms with Gasteiger partial charge in [-0.1, -0.05) is 0 Å². The highest BCUT2D eigenvalue weighted by Gasteiger charge is 2.24. The smallest absolute Gasteiger partial charge is 0.324 e. The molecule has 1 N–H and O–H groups in total. The summed E-state index contributed by atoms with van der Waals surface area (Å²) in [4.78, 5) is 10.7. The average Bonchev–Trinajstić information content (AvgIpc) is 2.26. The Balaban J connectivity index is 3.30. The number of carbonyl (C=O) groups is 1. The van der Waals surface area contributed by atoms with Gasteiger partial charge >= 0.3 is 5.97 Å². The van der Waals surface area contributed by atoms with Gasteiger partial charge in [0.2, 0.25) is 10.0 Å². The minimum absolute atomic E-state index is 0.181. The average molecular weight is 275 g/mol. The van der Waals surface area contributed by atoms with E-state index in [0.29, 0.717) is 5.56 Å². The Morgan fingerprint density at radius 2 is 2.06 bits per heavy atom. The lowest BCUT2D eigenvalue weighted by atomic mass is 10.2. The van der Waals surface area contributed by atoms with Gasteiger partial charge in [-0.05, 0) is 37.6 Å². The highest BCUT2D eigenvalue weighted by molar-refractivity contribution is 7.92. The van der Waals surface area contributed by atoms with Crippen LogP contribution < -0.4 is 4.31 Å². The Bertz CT molecular complexity index is 556. The fraction of sp³-hybridized carbons (Fsp3) is 0.364. The molecule has 0 aromatic heterocycles. The van der Waals surface area contributed by atoms with E-state index in [9.17, 15) is 17.6 Å². The molecular formula is C11H14FNO4S. The molecule has 100 valence electrons. The van der Waals surface area contributed by atoms with Gasteiger partial charge < -0.3 is 5.11 Å². The summed E-state index contributed by atoms with van der Waals surface area (Å²) >= 11 is 0. The number of aryl methyl sites for hydroxylation is 1. The second kappa shape index (κ2) is 5.34. The second-order valence-electron chi connectivity index (χ2n) is 3.73. The van der Waals surface area contributed by atoms with Crippen molar-refractivity contribution in [3.05, 3.63) is 29.6 Å². The topological polar surface area (TPSA) is 74.7 Å². The maximum absolute atomic E-state index is 13.0. The van der Waals surface area contributed by atoms with E-state index in [1.807, 2.05) is 0 Å². The van der Waals surface area contributed by atoms with Gasteiger partial charge in [-0.25, -0.2) is 12.8 Å². The fourth-order valence-corrected chi connectivity index (χ4v) is 2.63. The van der Waals surface area contributed by atoms with Crippen molar-refractivity contribution in [1.82, 2.24) is 0 Å². The largest absolute Gasteiger partial charge is 0.480 e. The lowest BCUT2D eigenvalue weighted by molar-refractivity contribution is -0.135. The van der Waals surface area contributed by atoms with Gasteiger partial charge in [0.25, 0.3) is 0 Å². The zero-order valence-electron chi connectivity index (χ0n) is 10.1. The molecule has 5 nitrogen and oxygen atoms in total. The molecule has 0 saturated heterocycles. The van der Waals surface area contributed by atoms with E-state index in [1.54, 1.807) is 0 Å². The molecule has 0 saturated carbocycles. The van der Waals surface area contributed by atoms with Crippen molar-refractivity contribution < 1.29 is 22.7 Å². The first-order valence-corrected chi connectivity index (χ1v) is 6.87. The fourth-order valence-electron chi connectivity index (χ4n) is 1.51. The van der Waals surface area contributed by atoms with Gasteiger partial charge in [0.1, 0.15) is 12.4 Å². The number of aliphatic carboxylic acids is 1. The molecule has 1 aromatic carbocycles. The Morgan fingerprint density at radius 1 is 1.44 bits per heavy atom. The van der Waals surface area contributed by atoms with Crippen LogP contribution in [0.2, 0.25) is 0 Å². The van der Waals surface area contributed by atoms with Crippen LogP contribution in [0.15, 0.2) is 18.2 Å². The van der Waals surface area contributed by atoms with Crippen LogP contribution in [0.3, 0.4) is 0 Å². The SMILES string of the molecule is CCS(=O)(=O)N(CC(=O)O)c1ccc(F)cc1C. The molecular weight excluding hydrogens is 261 g/mol. The number of carboxylic acid groups (broad SMARTS) is 1. The third kappa shape index (κ3) is 3.19. The molecule has 0 heterocycles. The first kappa shape index (κ1) is 14.4. The number of hydrogen-bond acceptors (Lipinski definition) is 3. The van der Waals surface area contributed by atoms with Crippen molar-refractivity contribution in [3.63, 3.8) is 0 Å². The van der Waals surface area contributed by atoms with Crippen LogP contribution in [0.4, 0.5) is 10.1 Å². The zero-order chi connectivity index (χ0) is 13.9. The van der Waals surface area contributed by atoms with Crippen LogP contribution in [0, 0.1) is 12.7 Å². The van der Waals surface area contributed by atoms with Crippen LogP contribution in [-0.4, -0.2) is 31.8 Å². The van der Waals surface area contributed by atoms with Gasteiger partial charge in [-0.2, -0.15) is 0 Å². The minimum atomic E-state index is -3.71. The number of carboxylic acids is 1. The lowest BCUT2D eigenvalue weighted by Crippen LogP contribution is -2.37. The molecule has 0 radical (unpaired) electrons. The number of hydrogen-bond donors (Lipinski definition) is 1. The first-order chi connectivity index (χ1) is 8.27. The summed E-state index contributed by atoms with van der Waals surface area (Å²) < 4.78 is 37.4. The zero-order valence-corrected chi connectivity index (χ0v) is 10.9. The van der Waals surface area contributed by atoms with E-state index in [4.69, 9.17) is 5.11 Å². The van der Waals surface area contributed by atoms with Gasteiger partial charge in [0.05, 0.1) is 11.4 Å². The molecule has 0 aliphatic heterocycles. The lowest BCUT2D eigenvalue weighted by Gasteiger charge is -2.23. The van der Waals surface area contributed by atoms with E-state index in [1.165, 1.54) is 19.9 Å². The summed E-state index contributed by atoms with van der Waals surface area (Å²) in [6, 6.07) is 3.53. The number of anilines is 1. The molecule has 1 aromatic rings. The Labute approximate surface area is 105 Å². The molecule has 18 heavy (non-hydrogen) atoms. The molecule has 0 atom stereocenters. The molecule has 0 fully saturated rings. The van der Waals surface area contributed by atoms with Crippen molar-refractivity contribution in [1.29, 1.82) is 0 Å². The molecule has 0 aliphatic rings. The normalized spacial score (nSPS) is 11.3. The van der Waals surface area contributed by atoms with Gasteiger partial charge in [0, 0.05) is 0 Å². The Morgan fingerprint density at radius 3 is 2.50 bits per heavy atom. The summed E-state index contributed by atoms with van der Waals surface area (Å²) in [5.74, 6) is -1.99. The van der Waals surface area contributed by atoms with E-state index in [-0.39, 0.29) is 11.4 Å². The third-order valence-electron chi connectivity index (χ3n) is 2.41. The van der Waals surface area contributed by atoms with Crippen LogP contribution in [-0.2, 0) is 14.8 Å². The maximum atomic E-state index is 13.0. The summed E-state index contributed by atoms with van der Waals surface area (Å²) in [6.07, 6.45) is 0. The summed E-state index contributed by atoms with van der Waals surface area (Å²) in [5.41, 5.74) is 0.550. The van der Waals surface area contributed by atoms with Crippen LogP contribution >= 0.6 is 0 Å². The van der Waals surface area contributed by atoms with Crippen molar-refractivity contribution >= 4 is 21.7 Å². The highest BCUT2D eigenvalue weighted by atomic mass is 32.2. The Kier molecular flexibility index (Phi) is 4.28. The van der Waals surface area contributed by atoms with Crippen molar-refractivity contribution in [2.24, 2.45) is 0 Å². The van der Waals surface area contributed by atoms with Crippen LogP contribution in [0.1, 0.15) is 12.5 Å². The number of sulfonamides is 1. The minimum Gasteiger partial charge on any atom is -0.480 e. The molecule has 0 bridgehead atoms. The number of nitrogens with zero attached hydrogens (tertiary/aromatic N) is 1. The van der Waals surface area contributed by atoms with E-state index < -0.39 is 28.4 Å². The number of benzene rings is 1. The summed E-state index contributed by atoms with van der Waals surface area (Å²) in [7, 11) is -3.71. The monoisotopic (exact) mass is 275 g/mol. The summed E-state index contributed by atoms with van der Waals surface area (Å²) in [5, 5.41) is 8.77. The van der Waals surface area contributed by atoms with Crippen molar-refractivity contribution in [2.75, 3.05) is 16.6 Å². The van der Waals surface area contributed by atoms with Gasteiger partial charge in [-0.15, -0.1) is 0 Å². The van der Waals surface area contributed by atoms with E-state index in [2.05, 4.69) is 0 Å². The third-order valence-corrected chi connectivity index (χ3v) is 4.13. The highest BCUT2D eigenvalue weighted by Crippen LogP contribution is 2.23. The molecule has 1 rings (SSSR count). The van der Waals surface area contributed by atoms with Crippen molar-refractivity contribution in [2.45, 2.75) is 13.8 Å². The van der Waals surface area contributed by atoms with Gasteiger partial charge in [-0.3, -0.25) is 9.10 Å². The molecule has 0 spiro atoms. The predicted octanol–water partition coefficient (Wildman–Crippen LogP) is 1.37. The van der Waals surface area contributed by atoms with Gasteiger partial charge in [0.15, 0.2) is 0 Å². The first-order valence-electron chi connectivity index (χ1n) is 5.26. The quantitative estimate of drug-likeness (QED) is 0.880. The maximum Gasteiger partial charge on any atom is 0.324 e. The number of halogens is 1. The van der Waals surface area contributed by atoms with Crippen LogP contribution in [0.25, 0.3) is 0 Å². The molecule has 0 amide bonds. The number of rotatable bonds is 5. The molecule has 7 heteroatoms. The van der Waals surface area contributed by atoms with Crippen LogP contribution in [0.5, 0.6) is 0 Å². The summed E-state index contributed by atoms with van der Waals surface area (Å²) in [6.45, 7) is 2.27. The van der Waals surface area contributed by atoms with E-state index in [0.717, 1.165) is 16.4 Å². The molecule has 0 aliphatic carbocycles. The predicted molar refractivity (Wildman–Crippen MR) is 65.6 cm³/mol. The molecule has 0 unspecified atom stereocenters. The van der Waals surface area contributed by atoms with Crippen molar-refractivity contribution in [3.8, 4) is 0 Å². The second-order valence-corrected chi connectivity index (χ2v) is 5.91. The standard InChI is InChI=1S/C11H14FNO4S/c1-3-18(16,17)13(7-11(14)15)10-5-4-9(12)6-8(10)2/h4-6H,3,7H2,1-2H3,(H,14,15). The Hall–Kier alpha value is -1.63. The van der Waals surface area contributed by atoms with E-state index >= 15 is 0 Å².